The van der Waals surface area contributed by atoms with E-state index in [0.29, 0.717) is 6.04 Å². The lowest BCUT2D eigenvalue weighted by atomic mass is 10.1. The third-order valence-corrected chi connectivity index (χ3v) is 2.94. The smallest absolute Gasteiger partial charge is 0.0480 e. The minimum atomic E-state index is 0.617. The zero-order valence-electron chi connectivity index (χ0n) is 9.20. The molecule has 1 saturated heterocycles. The third-order valence-electron chi connectivity index (χ3n) is 2.94. The lowest BCUT2D eigenvalue weighted by Gasteiger charge is -2.23. The van der Waals surface area contributed by atoms with Gasteiger partial charge in [-0.05, 0) is 37.0 Å². The van der Waals surface area contributed by atoms with Crippen molar-refractivity contribution in [3.05, 3.63) is 29.6 Å². The highest BCUT2D eigenvalue weighted by Gasteiger charge is 2.12. The maximum atomic E-state index is 5.33. The molecule has 82 valence electrons. The summed E-state index contributed by atoms with van der Waals surface area (Å²) in [4.78, 5) is 4.09. The number of nitrogens with one attached hydrogen (secondary N) is 1. The van der Waals surface area contributed by atoms with Crippen LogP contribution in [-0.4, -0.2) is 24.2 Å². The van der Waals surface area contributed by atoms with Crippen LogP contribution in [0.1, 0.15) is 24.0 Å². The SMILES string of the molecule is Cc1cnccc1CNC1CCOCC1. The van der Waals surface area contributed by atoms with Gasteiger partial charge in [-0.3, -0.25) is 4.98 Å². The van der Waals surface area contributed by atoms with Gasteiger partial charge in [-0.2, -0.15) is 0 Å². The molecule has 2 rings (SSSR count). The van der Waals surface area contributed by atoms with Crippen molar-refractivity contribution in [2.75, 3.05) is 13.2 Å². The predicted octanol–water partition coefficient (Wildman–Crippen LogP) is 1.66. The van der Waals surface area contributed by atoms with Gasteiger partial charge in [-0.1, -0.05) is 0 Å². The first-order valence-corrected chi connectivity index (χ1v) is 5.57. The van der Waals surface area contributed by atoms with Crippen LogP contribution in [0.4, 0.5) is 0 Å². The summed E-state index contributed by atoms with van der Waals surface area (Å²) in [7, 11) is 0. The largest absolute Gasteiger partial charge is 0.381 e. The maximum absolute atomic E-state index is 5.33. The highest BCUT2D eigenvalue weighted by molar-refractivity contribution is 5.21. The molecule has 1 aliphatic heterocycles. The summed E-state index contributed by atoms with van der Waals surface area (Å²) in [6.07, 6.45) is 6.03. The van der Waals surface area contributed by atoms with E-state index >= 15 is 0 Å². The molecule has 0 atom stereocenters. The molecule has 0 spiro atoms. The Morgan fingerprint density at radius 2 is 2.27 bits per heavy atom. The summed E-state index contributed by atoms with van der Waals surface area (Å²) in [5, 5.41) is 3.57. The number of pyridine rings is 1. The Balaban J connectivity index is 1.84. The number of nitrogens with zero attached hydrogens (tertiary/aromatic N) is 1. The van der Waals surface area contributed by atoms with Crippen LogP contribution in [0.5, 0.6) is 0 Å². The molecule has 0 saturated carbocycles. The molecule has 2 heterocycles. The Kier molecular flexibility index (Phi) is 3.69. The fraction of sp³-hybridized carbons (Fsp3) is 0.583. The van der Waals surface area contributed by atoms with Crippen LogP contribution >= 0.6 is 0 Å². The zero-order chi connectivity index (χ0) is 10.5. The number of ether oxygens (including phenoxy) is 1. The normalized spacial score (nSPS) is 17.9. The van der Waals surface area contributed by atoms with Crippen molar-refractivity contribution in [3.8, 4) is 0 Å². The van der Waals surface area contributed by atoms with E-state index in [1.54, 1.807) is 0 Å². The summed E-state index contributed by atoms with van der Waals surface area (Å²) >= 11 is 0. The summed E-state index contributed by atoms with van der Waals surface area (Å²) in [5.74, 6) is 0. The highest BCUT2D eigenvalue weighted by atomic mass is 16.5. The Labute approximate surface area is 90.9 Å². The number of hydrogen-bond acceptors (Lipinski definition) is 3. The van der Waals surface area contributed by atoms with E-state index in [2.05, 4.69) is 23.3 Å². The number of rotatable bonds is 3. The van der Waals surface area contributed by atoms with E-state index in [-0.39, 0.29) is 0 Å². The Bertz CT molecular complexity index is 308. The molecule has 0 aromatic carbocycles. The van der Waals surface area contributed by atoms with Crippen molar-refractivity contribution < 1.29 is 4.74 Å². The number of aryl methyl sites for hydroxylation is 1. The van der Waals surface area contributed by atoms with Gasteiger partial charge < -0.3 is 10.1 Å². The minimum absolute atomic E-state index is 0.617. The molecule has 1 aromatic rings. The molecular formula is C12H18N2O. The summed E-state index contributed by atoms with van der Waals surface area (Å²) in [5.41, 5.74) is 2.61. The fourth-order valence-corrected chi connectivity index (χ4v) is 1.86. The lowest BCUT2D eigenvalue weighted by Crippen LogP contribution is -2.34. The first kappa shape index (κ1) is 10.6. The first-order chi connectivity index (χ1) is 7.36. The van der Waals surface area contributed by atoms with Crippen LogP contribution in [0.2, 0.25) is 0 Å². The average molecular weight is 206 g/mol. The molecule has 0 amide bonds. The van der Waals surface area contributed by atoms with Crippen molar-refractivity contribution in [3.63, 3.8) is 0 Å². The standard InChI is InChI=1S/C12H18N2O/c1-10-8-13-5-2-11(10)9-14-12-3-6-15-7-4-12/h2,5,8,12,14H,3-4,6-7,9H2,1H3. The van der Waals surface area contributed by atoms with Gasteiger partial charge in [0.2, 0.25) is 0 Å². The minimum Gasteiger partial charge on any atom is -0.381 e. The average Bonchev–Trinajstić information content (AvgIpc) is 2.29. The molecule has 1 aliphatic rings. The number of aromatic nitrogens is 1. The van der Waals surface area contributed by atoms with Gasteiger partial charge in [-0.15, -0.1) is 0 Å². The van der Waals surface area contributed by atoms with Gasteiger partial charge >= 0.3 is 0 Å². The van der Waals surface area contributed by atoms with Crippen LogP contribution < -0.4 is 5.32 Å². The topological polar surface area (TPSA) is 34.2 Å². The molecule has 1 N–H and O–H groups in total. The van der Waals surface area contributed by atoms with Crippen LogP contribution in [0.25, 0.3) is 0 Å². The maximum Gasteiger partial charge on any atom is 0.0480 e. The fourth-order valence-electron chi connectivity index (χ4n) is 1.86. The molecule has 1 fully saturated rings. The van der Waals surface area contributed by atoms with E-state index in [9.17, 15) is 0 Å². The Morgan fingerprint density at radius 1 is 1.47 bits per heavy atom. The van der Waals surface area contributed by atoms with Gasteiger partial charge in [0.05, 0.1) is 0 Å². The molecule has 1 aromatic heterocycles. The van der Waals surface area contributed by atoms with E-state index in [0.717, 1.165) is 32.6 Å². The molecule has 15 heavy (non-hydrogen) atoms. The van der Waals surface area contributed by atoms with Crippen LogP contribution in [0, 0.1) is 6.92 Å². The second kappa shape index (κ2) is 5.24. The highest BCUT2D eigenvalue weighted by Crippen LogP contribution is 2.09. The van der Waals surface area contributed by atoms with Crippen molar-refractivity contribution in [1.29, 1.82) is 0 Å². The lowest BCUT2D eigenvalue weighted by molar-refractivity contribution is 0.0776. The van der Waals surface area contributed by atoms with Crippen LogP contribution in [-0.2, 0) is 11.3 Å². The van der Waals surface area contributed by atoms with E-state index in [4.69, 9.17) is 4.74 Å². The van der Waals surface area contributed by atoms with Crippen LogP contribution in [0.3, 0.4) is 0 Å². The third kappa shape index (κ3) is 3.01. The zero-order valence-corrected chi connectivity index (χ0v) is 9.20. The van der Waals surface area contributed by atoms with E-state index in [1.165, 1.54) is 11.1 Å². The second-order valence-corrected chi connectivity index (χ2v) is 4.07. The Morgan fingerprint density at radius 3 is 3.00 bits per heavy atom. The van der Waals surface area contributed by atoms with E-state index < -0.39 is 0 Å². The molecule has 0 radical (unpaired) electrons. The van der Waals surface area contributed by atoms with Gasteiger partial charge in [0.1, 0.15) is 0 Å². The van der Waals surface area contributed by atoms with Gasteiger partial charge in [-0.25, -0.2) is 0 Å². The molecule has 3 nitrogen and oxygen atoms in total. The predicted molar refractivity (Wildman–Crippen MR) is 59.7 cm³/mol. The first-order valence-electron chi connectivity index (χ1n) is 5.57. The monoisotopic (exact) mass is 206 g/mol. The Hall–Kier alpha value is -0.930. The molecule has 0 aliphatic carbocycles. The van der Waals surface area contributed by atoms with Gasteiger partial charge in [0.15, 0.2) is 0 Å². The van der Waals surface area contributed by atoms with Gasteiger partial charge in [0, 0.05) is 38.2 Å². The molecular weight excluding hydrogens is 188 g/mol. The second-order valence-electron chi connectivity index (χ2n) is 4.07. The quantitative estimate of drug-likeness (QED) is 0.816. The molecule has 3 heteroatoms. The molecule has 0 bridgehead atoms. The summed E-state index contributed by atoms with van der Waals surface area (Å²) in [6.45, 7) is 4.84. The van der Waals surface area contributed by atoms with Crippen molar-refractivity contribution in [2.24, 2.45) is 0 Å². The van der Waals surface area contributed by atoms with Crippen LogP contribution in [0.15, 0.2) is 18.5 Å². The summed E-state index contributed by atoms with van der Waals surface area (Å²) in [6, 6.07) is 2.70. The van der Waals surface area contributed by atoms with Crippen molar-refractivity contribution in [2.45, 2.75) is 32.4 Å². The van der Waals surface area contributed by atoms with Crippen molar-refractivity contribution >= 4 is 0 Å². The van der Waals surface area contributed by atoms with Gasteiger partial charge in [0.25, 0.3) is 0 Å². The summed E-state index contributed by atoms with van der Waals surface area (Å²) < 4.78 is 5.33. The van der Waals surface area contributed by atoms with Crippen molar-refractivity contribution in [1.82, 2.24) is 10.3 Å². The molecule has 0 unspecified atom stereocenters. The number of hydrogen-bond donors (Lipinski definition) is 1. The van der Waals surface area contributed by atoms with E-state index in [1.807, 2.05) is 12.4 Å².